The van der Waals surface area contributed by atoms with Crippen molar-refractivity contribution < 1.29 is 19.4 Å². The average molecular weight is 305 g/mol. The Hall–Kier alpha value is -1.88. The summed E-state index contributed by atoms with van der Waals surface area (Å²) in [6, 6.07) is 6.23. The lowest BCUT2D eigenvalue weighted by Gasteiger charge is -2.21. The molecule has 1 atom stereocenters. The van der Waals surface area contributed by atoms with Crippen LogP contribution in [0.4, 0.5) is 0 Å². The van der Waals surface area contributed by atoms with Crippen LogP contribution < -0.4 is 0 Å². The number of benzene rings is 1. The third-order valence-corrected chi connectivity index (χ3v) is 3.88. The van der Waals surface area contributed by atoms with Gasteiger partial charge in [-0.05, 0) is 43.9 Å². The normalized spacial score (nSPS) is 18.8. The summed E-state index contributed by atoms with van der Waals surface area (Å²) in [6.07, 6.45) is 3.95. The second-order valence-electron chi connectivity index (χ2n) is 5.60. The molecule has 5 heteroatoms. The van der Waals surface area contributed by atoms with E-state index in [0.29, 0.717) is 18.7 Å². The van der Waals surface area contributed by atoms with Crippen molar-refractivity contribution in [2.75, 3.05) is 19.7 Å². The van der Waals surface area contributed by atoms with Crippen molar-refractivity contribution in [2.24, 2.45) is 0 Å². The summed E-state index contributed by atoms with van der Waals surface area (Å²) in [5.74, 6) is -1.11. The summed E-state index contributed by atoms with van der Waals surface area (Å²) < 4.78 is 5.78. The molecule has 0 aliphatic carbocycles. The summed E-state index contributed by atoms with van der Waals surface area (Å²) >= 11 is 0. The molecule has 1 fully saturated rings. The van der Waals surface area contributed by atoms with Crippen molar-refractivity contribution in [2.45, 2.75) is 38.7 Å². The van der Waals surface area contributed by atoms with Crippen LogP contribution in [-0.4, -0.2) is 47.7 Å². The van der Waals surface area contributed by atoms with Crippen molar-refractivity contribution in [3.8, 4) is 0 Å². The lowest BCUT2D eigenvalue weighted by atomic mass is 10.1. The molecule has 1 heterocycles. The second kappa shape index (κ2) is 7.94. The highest BCUT2D eigenvalue weighted by molar-refractivity contribution is 5.97. The van der Waals surface area contributed by atoms with Crippen molar-refractivity contribution in [1.29, 1.82) is 0 Å². The van der Waals surface area contributed by atoms with E-state index in [1.54, 1.807) is 17.0 Å². The molecule has 0 unspecified atom stereocenters. The van der Waals surface area contributed by atoms with Crippen LogP contribution >= 0.6 is 0 Å². The van der Waals surface area contributed by atoms with Gasteiger partial charge in [-0.25, -0.2) is 4.79 Å². The van der Waals surface area contributed by atoms with E-state index in [-0.39, 0.29) is 17.6 Å². The number of hydrogen-bond donors (Lipinski definition) is 1. The number of carbonyl (C=O) groups excluding carboxylic acids is 1. The maximum absolute atomic E-state index is 12.5. The molecule has 1 amide bonds. The zero-order chi connectivity index (χ0) is 15.9. The Kier molecular flexibility index (Phi) is 5.95. The summed E-state index contributed by atoms with van der Waals surface area (Å²) in [4.78, 5) is 25.4. The van der Waals surface area contributed by atoms with Gasteiger partial charge in [-0.2, -0.15) is 0 Å². The molecule has 1 aromatic carbocycles. The zero-order valence-electron chi connectivity index (χ0n) is 13.0. The van der Waals surface area contributed by atoms with E-state index in [9.17, 15) is 9.59 Å². The van der Waals surface area contributed by atoms with Gasteiger partial charge in [0.1, 0.15) is 0 Å². The predicted molar refractivity (Wildman–Crippen MR) is 83.2 cm³/mol. The van der Waals surface area contributed by atoms with E-state index >= 15 is 0 Å². The topological polar surface area (TPSA) is 66.8 Å². The van der Waals surface area contributed by atoms with Gasteiger partial charge in [-0.1, -0.05) is 13.0 Å². The molecule has 1 N–H and O–H groups in total. The van der Waals surface area contributed by atoms with Gasteiger partial charge >= 0.3 is 5.97 Å². The van der Waals surface area contributed by atoms with Gasteiger partial charge in [0.2, 0.25) is 0 Å². The molecule has 1 aliphatic heterocycles. The lowest BCUT2D eigenvalue weighted by Crippen LogP contribution is -2.32. The van der Waals surface area contributed by atoms with Crippen molar-refractivity contribution >= 4 is 11.9 Å². The van der Waals surface area contributed by atoms with E-state index < -0.39 is 5.97 Å². The number of rotatable bonds is 5. The van der Waals surface area contributed by atoms with E-state index in [1.807, 2.05) is 0 Å². The van der Waals surface area contributed by atoms with Crippen LogP contribution in [0.5, 0.6) is 0 Å². The maximum Gasteiger partial charge on any atom is 0.335 e. The first-order valence-corrected chi connectivity index (χ1v) is 7.86. The molecule has 0 aromatic heterocycles. The van der Waals surface area contributed by atoms with Crippen molar-refractivity contribution in [3.63, 3.8) is 0 Å². The van der Waals surface area contributed by atoms with Crippen LogP contribution in [-0.2, 0) is 4.74 Å². The Morgan fingerprint density at radius 1 is 1.27 bits per heavy atom. The zero-order valence-corrected chi connectivity index (χ0v) is 13.0. The molecule has 1 saturated heterocycles. The standard InChI is InChI=1S/C17H23NO4/c1-2-11-22-15-7-4-9-18(10-8-15)16(19)13-5-3-6-14(12-13)17(20)21/h3,5-6,12,15H,2,4,7-11H2,1H3,(H,20,21)/t15-/m1/s1. The quantitative estimate of drug-likeness (QED) is 0.908. The highest BCUT2D eigenvalue weighted by atomic mass is 16.5. The lowest BCUT2D eigenvalue weighted by molar-refractivity contribution is 0.0432. The number of likely N-dealkylation sites (tertiary alicyclic amines) is 1. The van der Waals surface area contributed by atoms with E-state index in [4.69, 9.17) is 9.84 Å². The fraction of sp³-hybridized carbons (Fsp3) is 0.529. The van der Waals surface area contributed by atoms with Gasteiger partial charge in [0, 0.05) is 25.3 Å². The minimum Gasteiger partial charge on any atom is -0.478 e. The first kappa shape index (κ1) is 16.5. The first-order chi connectivity index (χ1) is 10.6. The Morgan fingerprint density at radius 2 is 2.05 bits per heavy atom. The molecule has 0 radical (unpaired) electrons. The molecule has 1 aromatic rings. The van der Waals surface area contributed by atoms with Gasteiger partial charge < -0.3 is 14.7 Å². The molecule has 22 heavy (non-hydrogen) atoms. The van der Waals surface area contributed by atoms with E-state index in [0.717, 1.165) is 32.3 Å². The molecular formula is C17H23NO4. The smallest absolute Gasteiger partial charge is 0.335 e. The van der Waals surface area contributed by atoms with Crippen molar-refractivity contribution in [1.82, 2.24) is 4.90 Å². The number of carboxylic acid groups (broad SMARTS) is 1. The van der Waals surface area contributed by atoms with Gasteiger partial charge in [0.15, 0.2) is 0 Å². The molecule has 2 rings (SSSR count). The highest BCUT2D eigenvalue weighted by Crippen LogP contribution is 2.17. The Bertz CT molecular complexity index is 529. The molecule has 5 nitrogen and oxygen atoms in total. The predicted octanol–water partition coefficient (Wildman–Crippen LogP) is 2.81. The molecule has 0 saturated carbocycles. The van der Waals surface area contributed by atoms with Crippen LogP contribution in [0.25, 0.3) is 0 Å². The Balaban J connectivity index is 2.00. The number of hydrogen-bond acceptors (Lipinski definition) is 3. The van der Waals surface area contributed by atoms with Crippen LogP contribution in [0.3, 0.4) is 0 Å². The van der Waals surface area contributed by atoms with Gasteiger partial charge in [0.05, 0.1) is 11.7 Å². The van der Waals surface area contributed by atoms with Gasteiger partial charge in [-0.3, -0.25) is 4.79 Å². The molecular weight excluding hydrogens is 282 g/mol. The summed E-state index contributed by atoms with van der Waals surface area (Å²) in [5, 5.41) is 9.02. The van der Waals surface area contributed by atoms with Gasteiger partial charge in [0.25, 0.3) is 5.91 Å². The summed E-state index contributed by atoms with van der Waals surface area (Å²) in [5.41, 5.74) is 0.581. The highest BCUT2D eigenvalue weighted by Gasteiger charge is 2.22. The van der Waals surface area contributed by atoms with Crippen LogP contribution in [0.15, 0.2) is 24.3 Å². The number of carboxylic acids is 1. The van der Waals surface area contributed by atoms with E-state index in [1.165, 1.54) is 12.1 Å². The van der Waals surface area contributed by atoms with E-state index in [2.05, 4.69) is 6.92 Å². The summed E-state index contributed by atoms with van der Waals surface area (Å²) in [6.45, 7) is 4.20. The molecule has 0 spiro atoms. The first-order valence-electron chi connectivity index (χ1n) is 7.86. The average Bonchev–Trinajstić information content (AvgIpc) is 2.78. The molecule has 1 aliphatic rings. The fourth-order valence-electron chi connectivity index (χ4n) is 2.69. The number of carbonyl (C=O) groups is 2. The maximum atomic E-state index is 12.5. The minimum absolute atomic E-state index is 0.0979. The van der Waals surface area contributed by atoms with Gasteiger partial charge in [-0.15, -0.1) is 0 Å². The monoisotopic (exact) mass is 305 g/mol. The van der Waals surface area contributed by atoms with Crippen LogP contribution in [0.2, 0.25) is 0 Å². The van der Waals surface area contributed by atoms with Crippen molar-refractivity contribution in [3.05, 3.63) is 35.4 Å². The Morgan fingerprint density at radius 3 is 2.77 bits per heavy atom. The third kappa shape index (κ3) is 4.31. The number of aromatic carboxylic acids is 1. The van der Waals surface area contributed by atoms with Crippen LogP contribution in [0, 0.1) is 0 Å². The minimum atomic E-state index is -1.02. The fourth-order valence-corrected chi connectivity index (χ4v) is 2.69. The number of nitrogens with zero attached hydrogens (tertiary/aromatic N) is 1. The Labute approximate surface area is 130 Å². The largest absolute Gasteiger partial charge is 0.478 e. The molecule has 120 valence electrons. The SMILES string of the molecule is CCCO[C@@H]1CCCN(C(=O)c2cccc(C(=O)O)c2)CC1. The van der Waals surface area contributed by atoms with Crippen LogP contribution in [0.1, 0.15) is 53.3 Å². The number of amides is 1. The third-order valence-electron chi connectivity index (χ3n) is 3.88. The summed E-state index contributed by atoms with van der Waals surface area (Å²) in [7, 11) is 0. The second-order valence-corrected chi connectivity index (χ2v) is 5.60. The molecule has 0 bridgehead atoms. The number of ether oxygens (including phenoxy) is 1.